The fraction of sp³-hybridized carbons (Fsp3) is 0.375. The summed E-state index contributed by atoms with van der Waals surface area (Å²) in [7, 11) is 7.04. The lowest BCUT2D eigenvalue weighted by Gasteiger charge is -2.19. The van der Waals surface area contributed by atoms with Gasteiger partial charge in [0.15, 0.2) is 0 Å². The van der Waals surface area contributed by atoms with Gasteiger partial charge in [-0.3, -0.25) is 15.0 Å². The standard InChI is InChI=1S/C16H27N5O2/c1-8-15(21(23)18-5)9-14(10-20(6)7)16(17-4)12(2)13(3)19-11-22/h8-11,18,23H,1H2,2-7H3,(H,19,22)/b13-12+,14-10+,15-9+,17-16?. The number of nitrogens with one attached hydrogen (secondary N) is 2. The molecule has 0 aromatic rings. The fourth-order valence-corrected chi connectivity index (χ4v) is 1.83. The number of rotatable bonds is 9. The topological polar surface area (TPSA) is 80.2 Å². The van der Waals surface area contributed by atoms with Crippen LogP contribution < -0.4 is 10.7 Å². The Morgan fingerprint density at radius 2 is 1.91 bits per heavy atom. The lowest BCUT2D eigenvalue weighted by atomic mass is 10.0. The molecule has 0 heterocycles. The van der Waals surface area contributed by atoms with Gasteiger partial charge in [0, 0.05) is 45.7 Å². The second kappa shape index (κ2) is 10.4. The van der Waals surface area contributed by atoms with Crippen molar-refractivity contribution in [2.45, 2.75) is 13.8 Å². The Hall–Kier alpha value is -2.38. The van der Waals surface area contributed by atoms with E-state index in [1.807, 2.05) is 32.1 Å². The van der Waals surface area contributed by atoms with Crippen LogP contribution in [-0.2, 0) is 4.79 Å². The summed E-state index contributed by atoms with van der Waals surface area (Å²) < 4.78 is 0. The maximum atomic E-state index is 10.6. The van der Waals surface area contributed by atoms with Crippen molar-refractivity contribution in [3.63, 3.8) is 0 Å². The zero-order chi connectivity index (χ0) is 18.0. The zero-order valence-electron chi connectivity index (χ0n) is 14.7. The van der Waals surface area contributed by atoms with Crippen LogP contribution in [0, 0.1) is 0 Å². The van der Waals surface area contributed by atoms with E-state index in [-0.39, 0.29) is 0 Å². The molecule has 1 amide bonds. The van der Waals surface area contributed by atoms with Crippen LogP contribution in [0.3, 0.4) is 0 Å². The summed E-state index contributed by atoms with van der Waals surface area (Å²) in [6.07, 6.45) is 5.75. The largest absolute Gasteiger partial charge is 0.383 e. The summed E-state index contributed by atoms with van der Waals surface area (Å²) in [6, 6.07) is 0. The molecule has 0 saturated heterocycles. The van der Waals surface area contributed by atoms with Crippen molar-refractivity contribution in [2.75, 3.05) is 28.2 Å². The molecule has 0 aliphatic rings. The Morgan fingerprint density at radius 3 is 2.30 bits per heavy atom. The van der Waals surface area contributed by atoms with Crippen molar-refractivity contribution < 1.29 is 10.0 Å². The number of hydroxylamine groups is 1. The van der Waals surface area contributed by atoms with Crippen LogP contribution in [0.15, 0.2) is 52.5 Å². The van der Waals surface area contributed by atoms with Gasteiger partial charge in [-0.1, -0.05) is 6.58 Å². The van der Waals surface area contributed by atoms with E-state index in [0.29, 0.717) is 23.5 Å². The molecule has 7 heteroatoms. The Labute approximate surface area is 138 Å². The third-order valence-electron chi connectivity index (χ3n) is 3.06. The summed E-state index contributed by atoms with van der Waals surface area (Å²) in [6.45, 7) is 7.36. The first-order valence-corrected chi connectivity index (χ1v) is 7.06. The highest BCUT2D eigenvalue weighted by atomic mass is 16.5. The third-order valence-corrected chi connectivity index (χ3v) is 3.06. The molecule has 0 spiro atoms. The van der Waals surface area contributed by atoms with Gasteiger partial charge in [0.05, 0.1) is 11.4 Å². The number of hydrogen-bond acceptors (Lipinski definition) is 6. The minimum Gasteiger partial charge on any atom is -0.383 e. The van der Waals surface area contributed by atoms with Gasteiger partial charge in [-0.05, 0) is 31.6 Å². The van der Waals surface area contributed by atoms with Crippen LogP contribution in [0.5, 0.6) is 0 Å². The van der Waals surface area contributed by atoms with Gasteiger partial charge in [-0.2, -0.15) is 5.17 Å². The molecule has 0 radical (unpaired) electrons. The van der Waals surface area contributed by atoms with Crippen LogP contribution in [0.4, 0.5) is 0 Å². The van der Waals surface area contributed by atoms with E-state index in [4.69, 9.17) is 0 Å². The van der Waals surface area contributed by atoms with E-state index in [2.05, 4.69) is 22.3 Å². The summed E-state index contributed by atoms with van der Waals surface area (Å²) >= 11 is 0. The molecule has 0 aromatic heterocycles. The Balaban J connectivity index is 6.09. The first-order valence-electron chi connectivity index (χ1n) is 7.06. The maximum absolute atomic E-state index is 10.6. The van der Waals surface area contributed by atoms with E-state index in [9.17, 15) is 10.0 Å². The predicted octanol–water partition coefficient (Wildman–Crippen LogP) is 1.44. The second-order valence-corrected chi connectivity index (χ2v) is 4.94. The maximum Gasteiger partial charge on any atom is 0.211 e. The number of hydrazine groups is 1. The minimum atomic E-state index is 0.454. The normalized spacial score (nSPS) is 14.1. The van der Waals surface area contributed by atoms with Crippen molar-refractivity contribution in [1.29, 1.82) is 0 Å². The van der Waals surface area contributed by atoms with Gasteiger partial charge in [0.1, 0.15) is 0 Å². The second-order valence-electron chi connectivity index (χ2n) is 4.94. The number of carbonyl (C=O) groups is 1. The number of nitrogens with zero attached hydrogens (tertiary/aromatic N) is 3. The van der Waals surface area contributed by atoms with Gasteiger partial charge in [-0.15, -0.1) is 0 Å². The highest BCUT2D eigenvalue weighted by molar-refractivity contribution is 6.14. The Kier molecular flexibility index (Phi) is 9.29. The number of amides is 1. The molecule has 3 N–H and O–H groups in total. The number of allylic oxidation sites excluding steroid dienone is 5. The van der Waals surface area contributed by atoms with Gasteiger partial charge >= 0.3 is 0 Å². The highest BCUT2D eigenvalue weighted by Crippen LogP contribution is 2.16. The number of aliphatic imine (C=N–C) groups is 1. The zero-order valence-corrected chi connectivity index (χ0v) is 14.7. The summed E-state index contributed by atoms with van der Waals surface area (Å²) in [5, 5.41) is 13.3. The van der Waals surface area contributed by atoms with Crippen molar-refractivity contribution in [2.24, 2.45) is 4.99 Å². The molecule has 23 heavy (non-hydrogen) atoms. The number of hydrogen-bond donors (Lipinski definition) is 3. The lowest BCUT2D eigenvalue weighted by Crippen LogP contribution is -2.30. The van der Waals surface area contributed by atoms with Crippen LogP contribution in [0.2, 0.25) is 0 Å². The van der Waals surface area contributed by atoms with Gasteiger partial charge < -0.3 is 10.2 Å². The van der Waals surface area contributed by atoms with E-state index in [0.717, 1.165) is 16.3 Å². The van der Waals surface area contributed by atoms with E-state index < -0.39 is 0 Å². The summed E-state index contributed by atoms with van der Waals surface area (Å²) in [5.41, 5.74) is 6.02. The fourth-order valence-electron chi connectivity index (χ4n) is 1.83. The predicted molar refractivity (Wildman–Crippen MR) is 93.7 cm³/mol. The average Bonchev–Trinajstić information content (AvgIpc) is 2.51. The Bertz CT molecular complexity index is 545. The van der Waals surface area contributed by atoms with Crippen LogP contribution >= 0.6 is 0 Å². The minimum absolute atomic E-state index is 0.454. The molecule has 0 aromatic carbocycles. The van der Waals surface area contributed by atoms with E-state index in [1.165, 1.54) is 6.08 Å². The van der Waals surface area contributed by atoms with Gasteiger partial charge in [0.2, 0.25) is 6.41 Å². The molecule has 0 aliphatic carbocycles. The Morgan fingerprint density at radius 1 is 1.30 bits per heavy atom. The van der Waals surface area contributed by atoms with Crippen LogP contribution in [0.25, 0.3) is 0 Å². The van der Waals surface area contributed by atoms with Gasteiger partial charge in [-0.25, -0.2) is 5.43 Å². The van der Waals surface area contributed by atoms with Crippen LogP contribution in [0.1, 0.15) is 13.8 Å². The van der Waals surface area contributed by atoms with E-state index >= 15 is 0 Å². The summed E-state index contributed by atoms with van der Waals surface area (Å²) in [4.78, 5) is 16.8. The molecular weight excluding hydrogens is 294 g/mol. The van der Waals surface area contributed by atoms with E-state index in [1.54, 1.807) is 27.1 Å². The molecule has 0 bridgehead atoms. The van der Waals surface area contributed by atoms with Crippen LogP contribution in [-0.4, -0.2) is 55.6 Å². The molecule has 0 atom stereocenters. The summed E-state index contributed by atoms with van der Waals surface area (Å²) in [5.74, 6) is 0. The van der Waals surface area contributed by atoms with Crippen molar-refractivity contribution in [1.82, 2.24) is 20.8 Å². The molecule has 0 fully saturated rings. The average molecular weight is 321 g/mol. The molecule has 0 saturated carbocycles. The quantitative estimate of drug-likeness (QED) is 0.259. The third kappa shape index (κ3) is 6.50. The van der Waals surface area contributed by atoms with Crippen molar-refractivity contribution >= 4 is 12.1 Å². The van der Waals surface area contributed by atoms with Gasteiger partial charge in [0.25, 0.3) is 0 Å². The number of carbonyl (C=O) groups excluding carboxylic acids is 1. The first-order chi connectivity index (χ1) is 10.8. The molecule has 0 unspecified atom stereocenters. The first kappa shape index (κ1) is 20.6. The molecule has 0 aliphatic heterocycles. The van der Waals surface area contributed by atoms with Crippen molar-refractivity contribution in [3.05, 3.63) is 47.5 Å². The highest BCUT2D eigenvalue weighted by Gasteiger charge is 2.12. The smallest absolute Gasteiger partial charge is 0.211 e. The SMILES string of the molecule is C=C/C(=C\C(=C/N(C)C)C(=NC)/C(C)=C(\C)NC=O)N(O)NC. The molecule has 0 rings (SSSR count). The molecular formula is C16H27N5O2. The molecule has 7 nitrogen and oxygen atoms in total. The molecule has 128 valence electrons. The monoisotopic (exact) mass is 321 g/mol. The van der Waals surface area contributed by atoms with Crippen molar-refractivity contribution in [3.8, 4) is 0 Å². The lowest BCUT2D eigenvalue weighted by molar-refractivity contribution is -0.108.